The molecular formula is C10H14Cl2N2. The molecule has 1 fully saturated rings. The van der Waals surface area contributed by atoms with E-state index in [0.29, 0.717) is 5.15 Å². The van der Waals surface area contributed by atoms with E-state index in [2.05, 4.69) is 9.88 Å². The van der Waals surface area contributed by atoms with Crippen molar-refractivity contribution in [3.05, 3.63) is 29.0 Å². The van der Waals surface area contributed by atoms with E-state index in [4.69, 9.17) is 11.6 Å². The topological polar surface area (TPSA) is 16.1 Å². The summed E-state index contributed by atoms with van der Waals surface area (Å²) in [7, 11) is 0. The number of nitrogens with zero attached hydrogens (tertiary/aromatic N) is 2. The molecule has 0 saturated carbocycles. The van der Waals surface area contributed by atoms with Gasteiger partial charge in [0.25, 0.3) is 0 Å². The molecule has 2 rings (SSSR count). The Morgan fingerprint density at radius 3 is 2.71 bits per heavy atom. The van der Waals surface area contributed by atoms with Crippen LogP contribution in [0.5, 0.6) is 0 Å². The van der Waals surface area contributed by atoms with Crippen LogP contribution in [-0.2, 0) is 6.54 Å². The number of likely N-dealkylation sites (tertiary alicyclic amines) is 1. The van der Waals surface area contributed by atoms with E-state index in [1.54, 1.807) is 6.20 Å². The summed E-state index contributed by atoms with van der Waals surface area (Å²) < 4.78 is 0. The smallest absolute Gasteiger partial charge is 0.133 e. The number of hydrogen-bond acceptors (Lipinski definition) is 2. The monoisotopic (exact) mass is 232 g/mol. The number of aromatic nitrogens is 1. The molecule has 1 aromatic heterocycles. The van der Waals surface area contributed by atoms with Crippen molar-refractivity contribution < 1.29 is 0 Å². The molecule has 0 radical (unpaired) electrons. The van der Waals surface area contributed by atoms with Gasteiger partial charge in [-0.05, 0) is 32.0 Å². The molecule has 0 N–H and O–H groups in total. The molecular weight excluding hydrogens is 219 g/mol. The van der Waals surface area contributed by atoms with Gasteiger partial charge in [-0.15, -0.1) is 12.4 Å². The molecule has 78 valence electrons. The summed E-state index contributed by atoms with van der Waals surface area (Å²) in [6.07, 6.45) is 4.37. The van der Waals surface area contributed by atoms with E-state index in [9.17, 15) is 0 Å². The van der Waals surface area contributed by atoms with Crippen LogP contribution in [0.3, 0.4) is 0 Å². The van der Waals surface area contributed by atoms with Crippen LogP contribution < -0.4 is 0 Å². The van der Waals surface area contributed by atoms with Crippen LogP contribution in [0.25, 0.3) is 0 Å². The number of halogens is 2. The first-order valence-electron chi connectivity index (χ1n) is 4.68. The van der Waals surface area contributed by atoms with E-state index < -0.39 is 0 Å². The molecule has 0 unspecified atom stereocenters. The van der Waals surface area contributed by atoms with Crippen molar-refractivity contribution in [3.8, 4) is 0 Å². The Balaban J connectivity index is 0.000000980. The molecule has 2 nitrogen and oxygen atoms in total. The maximum Gasteiger partial charge on any atom is 0.133 e. The summed E-state index contributed by atoms with van der Waals surface area (Å²) in [6, 6.07) is 3.99. The van der Waals surface area contributed by atoms with Gasteiger partial charge < -0.3 is 0 Å². The first kappa shape index (κ1) is 11.8. The lowest BCUT2D eigenvalue weighted by Gasteiger charge is -2.14. The van der Waals surface area contributed by atoms with Crippen LogP contribution in [0.4, 0.5) is 0 Å². The predicted molar refractivity (Wildman–Crippen MR) is 61.0 cm³/mol. The lowest BCUT2D eigenvalue weighted by molar-refractivity contribution is 0.331. The highest BCUT2D eigenvalue weighted by Gasteiger charge is 2.12. The molecule has 1 saturated heterocycles. The van der Waals surface area contributed by atoms with E-state index in [1.165, 1.54) is 25.9 Å². The van der Waals surface area contributed by atoms with Crippen molar-refractivity contribution in [3.63, 3.8) is 0 Å². The highest BCUT2D eigenvalue weighted by Crippen LogP contribution is 2.17. The molecule has 0 atom stereocenters. The third kappa shape index (κ3) is 2.84. The average molecular weight is 233 g/mol. The Kier molecular flexibility index (Phi) is 4.66. The second-order valence-electron chi connectivity index (χ2n) is 3.44. The van der Waals surface area contributed by atoms with Crippen molar-refractivity contribution in [2.75, 3.05) is 13.1 Å². The number of pyridine rings is 1. The molecule has 0 aliphatic carbocycles. The van der Waals surface area contributed by atoms with Crippen LogP contribution in [0.15, 0.2) is 18.3 Å². The summed E-state index contributed by atoms with van der Waals surface area (Å²) in [5.74, 6) is 0. The standard InChI is InChI=1S/C10H13ClN2.ClH/c11-10-9(4-3-5-12-10)8-13-6-1-2-7-13;/h3-5H,1-2,6-8H2;1H. The molecule has 4 heteroatoms. The van der Waals surface area contributed by atoms with Crippen molar-refractivity contribution in [1.29, 1.82) is 0 Å². The molecule has 1 aliphatic rings. The highest BCUT2D eigenvalue weighted by molar-refractivity contribution is 6.30. The van der Waals surface area contributed by atoms with Crippen LogP contribution in [0, 0.1) is 0 Å². The molecule has 1 aromatic rings. The van der Waals surface area contributed by atoms with Gasteiger partial charge in [-0.1, -0.05) is 17.7 Å². The van der Waals surface area contributed by atoms with E-state index in [1.807, 2.05) is 12.1 Å². The zero-order valence-corrected chi connectivity index (χ0v) is 9.52. The first-order valence-corrected chi connectivity index (χ1v) is 5.06. The molecule has 0 aromatic carbocycles. The lowest BCUT2D eigenvalue weighted by Crippen LogP contribution is -2.18. The fraction of sp³-hybridized carbons (Fsp3) is 0.500. The van der Waals surface area contributed by atoms with Crippen molar-refractivity contribution in [2.24, 2.45) is 0 Å². The number of rotatable bonds is 2. The van der Waals surface area contributed by atoms with E-state index >= 15 is 0 Å². The molecule has 1 aliphatic heterocycles. The summed E-state index contributed by atoms with van der Waals surface area (Å²) in [6.45, 7) is 3.35. The Hall–Kier alpha value is -0.310. The Morgan fingerprint density at radius 1 is 1.36 bits per heavy atom. The van der Waals surface area contributed by atoms with E-state index in [0.717, 1.165) is 12.1 Å². The SMILES string of the molecule is Cl.Clc1ncccc1CN1CCCC1. The normalized spacial score (nSPS) is 16.6. The highest BCUT2D eigenvalue weighted by atomic mass is 35.5. The Labute approximate surface area is 95.7 Å². The maximum atomic E-state index is 5.96. The quantitative estimate of drug-likeness (QED) is 0.730. The Bertz CT molecular complexity index is 285. The third-order valence-corrected chi connectivity index (χ3v) is 2.77. The van der Waals surface area contributed by atoms with Gasteiger partial charge in [-0.2, -0.15) is 0 Å². The zero-order valence-electron chi connectivity index (χ0n) is 7.95. The van der Waals surface area contributed by atoms with Crippen molar-refractivity contribution in [2.45, 2.75) is 19.4 Å². The first-order chi connectivity index (χ1) is 6.36. The third-order valence-electron chi connectivity index (χ3n) is 2.43. The zero-order chi connectivity index (χ0) is 9.10. The van der Waals surface area contributed by atoms with Crippen molar-refractivity contribution in [1.82, 2.24) is 9.88 Å². The van der Waals surface area contributed by atoms with Gasteiger partial charge in [0.05, 0.1) is 0 Å². The minimum Gasteiger partial charge on any atom is -0.299 e. The van der Waals surface area contributed by atoms with Gasteiger partial charge in [-0.3, -0.25) is 4.90 Å². The predicted octanol–water partition coefficient (Wildman–Crippen LogP) is 2.75. The van der Waals surface area contributed by atoms with Crippen LogP contribution >= 0.6 is 24.0 Å². The Morgan fingerprint density at radius 2 is 2.07 bits per heavy atom. The van der Waals surface area contributed by atoms with Gasteiger partial charge in [0.2, 0.25) is 0 Å². The average Bonchev–Trinajstić information content (AvgIpc) is 2.61. The molecule has 0 bridgehead atoms. The van der Waals surface area contributed by atoms with Gasteiger partial charge >= 0.3 is 0 Å². The van der Waals surface area contributed by atoms with Crippen LogP contribution in [0.1, 0.15) is 18.4 Å². The molecule has 14 heavy (non-hydrogen) atoms. The minimum absolute atomic E-state index is 0. The van der Waals surface area contributed by atoms with Gasteiger partial charge in [0, 0.05) is 18.3 Å². The lowest BCUT2D eigenvalue weighted by atomic mass is 10.3. The second kappa shape index (κ2) is 5.54. The largest absolute Gasteiger partial charge is 0.299 e. The summed E-state index contributed by atoms with van der Waals surface area (Å²) in [5.41, 5.74) is 1.14. The van der Waals surface area contributed by atoms with Gasteiger partial charge in [-0.25, -0.2) is 4.98 Å². The van der Waals surface area contributed by atoms with Gasteiger partial charge in [0.15, 0.2) is 0 Å². The summed E-state index contributed by atoms with van der Waals surface area (Å²) >= 11 is 5.96. The van der Waals surface area contributed by atoms with Gasteiger partial charge in [0.1, 0.15) is 5.15 Å². The van der Waals surface area contributed by atoms with Crippen molar-refractivity contribution >= 4 is 24.0 Å². The molecule has 2 heterocycles. The fourth-order valence-corrected chi connectivity index (χ4v) is 1.90. The van der Waals surface area contributed by atoms with E-state index in [-0.39, 0.29) is 12.4 Å². The van der Waals surface area contributed by atoms with Crippen LogP contribution in [0.2, 0.25) is 5.15 Å². The summed E-state index contributed by atoms with van der Waals surface area (Å²) in [5, 5.41) is 0.648. The summed E-state index contributed by atoms with van der Waals surface area (Å²) in [4.78, 5) is 6.48. The minimum atomic E-state index is 0. The maximum absolute atomic E-state index is 5.96. The molecule has 0 spiro atoms. The number of hydrogen-bond donors (Lipinski definition) is 0. The molecule has 0 amide bonds. The second-order valence-corrected chi connectivity index (χ2v) is 3.79. The van der Waals surface area contributed by atoms with Crippen LogP contribution in [-0.4, -0.2) is 23.0 Å². The fourth-order valence-electron chi connectivity index (χ4n) is 1.72.